The number of carbonyl (C=O) groups excluding carboxylic acids is 1. The molecule has 2 N–H and O–H groups in total. The van der Waals surface area contributed by atoms with E-state index in [1.165, 1.54) is 7.11 Å². The topological polar surface area (TPSA) is 68.5 Å². The number of nitrogens with zero attached hydrogens (tertiary/aromatic N) is 2. The van der Waals surface area contributed by atoms with Crippen LogP contribution in [0.1, 0.15) is 23.2 Å². The van der Waals surface area contributed by atoms with E-state index in [9.17, 15) is 4.79 Å². The highest BCUT2D eigenvalue weighted by Crippen LogP contribution is 2.21. The molecule has 1 aromatic heterocycles. The molecule has 2 heterocycles. The van der Waals surface area contributed by atoms with Crippen LogP contribution < -0.4 is 10.6 Å². The van der Waals surface area contributed by atoms with E-state index in [-0.39, 0.29) is 12.0 Å². The molecular weight excluding hydrogens is 218 g/mol. The first-order valence-corrected chi connectivity index (χ1v) is 5.76. The van der Waals surface area contributed by atoms with Gasteiger partial charge in [-0.3, -0.25) is 0 Å². The van der Waals surface area contributed by atoms with E-state index in [1.54, 1.807) is 18.3 Å². The van der Waals surface area contributed by atoms with Crippen molar-refractivity contribution in [2.75, 3.05) is 25.1 Å². The zero-order chi connectivity index (χ0) is 12.3. The molecule has 0 radical (unpaired) electrons. The maximum absolute atomic E-state index is 11.6. The lowest BCUT2D eigenvalue weighted by Gasteiger charge is -2.32. The first-order chi connectivity index (χ1) is 8.22. The van der Waals surface area contributed by atoms with Crippen LogP contribution in [0.2, 0.25) is 0 Å². The molecule has 2 rings (SSSR count). The largest absolute Gasteiger partial charge is 0.465 e. The van der Waals surface area contributed by atoms with Gasteiger partial charge in [-0.25, -0.2) is 9.78 Å². The standard InChI is InChI=1S/C12H17N3O2/c1-17-12(16)10-5-2-6-14-11(10)15-7-3-4-9(13)8-15/h2,5-6,9H,3-4,7-8,13H2,1H3. The van der Waals surface area contributed by atoms with Crippen LogP contribution in [0.4, 0.5) is 5.82 Å². The first kappa shape index (κ1) is 11.9. The van der Waals surface area contributed by atoms with Crippen LogP contribution >= 0.6 is 0 Å². The summed E-state index contributed by atoms with van der Waals surface area (Å²) in [5.41, 5.74) is 6.44. The van der Waals surface area contributed by atoms with Crippen LogP contribution in [0.15, 0.2) is 18.3 Å². The van der Waals surface area contributed by atoms with Crippen molar-refractivity contribution in [2.24, 2.45) is 5.73 Å². The van der Waals surface area contributed by atoms with Gasteiger partial charge in [-0.05, 0) is 25.0 Å². The van der Waals surface area contributed by atoms with Crippen molar-refractivity contribution in [3.63, 3.8) is 0 Å². The molecule has 0 bridgehead atoms. The Labute approximate surface area is 101 Å². The fraction of sp³-hybridized carbons (Fsp3) is 0.500. The number of nitrogens with two attached hydrogens (primary N) is 1. The van der Waals surface area contributed by atoms with Gasteiger partial charge in [0.1, 0.15) is 11.4 Å². The molecule has 1 aliphatic heterocycles. The van der Waals surface area contributed by atoms with Crippen LogP contribution in [0.3, 0.4) is 0 Å². The van der Waals surface area contributed by atoms with E-state index in [0.29, 0.717) is 11.4 Å². The van der Waals surface area contributed by atoms with Crippen molar-refractivity contribution in [2.45, 2.75) is 18.9 Å². The normalized spacial score (nSPS) is 20.1. The van der Waals surface area contributed by atoms with Crippen LogP contribution in [0.5, 0.6) is 0 Å². The number of methoxy groups -OCH3 is 1. The summed E-state index contributed by atoms with van der Waals surface area (Å²) in [6, 6.07) is 3.62. The van der Waals surface area contributed by atoms with Gasteiger partial charge in [-0.15, -0.1) is 0 Å². The lowest BCUT2D eigenvalue weighted by atomic mass is 10.1. The van der Waals surface area contributed by atoms with Crippen molar-refractivity contribution in [3.8, 4) is 0 Å². The average molecular weight is 235 g/mol. The number of aromatic nitrogens is 1. The molecule has 0 amide bonds. The summed E-state index contributed by atoms with van der Waals surface area (Å²) in [5, 5.41) is 0. The van der Waals surface area contributed by atoms with E-state index in [1.807, 2.05) is 0 Å². The molecule has 5 heteroatoms. The van der Waals surface area contributed by atoms with Gasteiger partial charge in [-0.1, -0.05) is 0 Å². The molecule has 0 aromatic carbocycles. The smallest absolute Gasteiger partial charge is 0.341 e. The van der Waals surface area contributed by atoms with E-state index >= 15 is 0 Å². The first-order valence-electron chi connectivity index (χ1n) is 5.76. The van der Waals surface area contributed by atoms with Crippen LogP contribution in [-0.2, 0) is 4.74 Å². The SMILES string of the molecule is COC(=O)c1cccnc1N1CCCC(N)C1. The minimum absolute atomic E-state index is 0.149. The number of rotatable bonds is 2. The molecule has 1 unspecified atom stereocenters. The summed E-state index contributed by atoms with van der Waals surface area (Å²) < 4.78 is 4.76. The summed E-state index contributed by atoms with van der Waals surface area (Å²) >= 11 is 0. The van der Waals surface area contributed by atoms with Gasteiger partial charge in [0.2, 0.25) is 0 Å². The highest BCUT2D eigenvalue weighted by molar-refractivity contribution is 5.94. The number of carbonyl (C=O) groups is 1. The van der Waals surface area contributed by atoms with Gasteiger partial charge in [0, 0.05) is 25.3 Å². The predicted octanol–water partition coefficient (Wildman–Crippen LogP) is 0.796. The molecule has 5 nitrogen and oxygen atoms in total. The van der Waals surface area contributed by atoms with Crippen LogP contribution in [0.25, 0.3) is 0 Å². The van der Waals surface area contributed by atoms with Crippen molar-refractivity contribution in [1.29, 1.82) is 0 Å². The Hall–Kier alpha value is -1.62. The van der Waals surface area contributed by atoms with Gasteiger partial charge in [0.25, 0.3) is 0 Å². The molecular formula is C12H17N3O2. The Balaban J connectivity index is 2.27. The average Bonchev–Trinajstić information content (AvgIpc) is 2.38. The summed E-state index contributed by atoms with van der Waals surface area (Å²) in [6.07, 6.45) is 3.73. The lowest BCUT2D eigenvalue weighted by molar-refractivity contribution is 0.0601. The van der Waals surface area contributed by atoms with Gasteiger partial charge in [-0.2, -0.15) is 0 Å². The number of hydrogen-bond acceptors (Lipinski definition) is 5. The Morgan fingerprint density at radius 3 is 3.18 bits per heavy atom. The number of pyridine rings is 1. The van der Waals surface area contributed by atoms with Crippen LogP contribution in [-0.4, -0.2) is 37.2 Å². The van der Waals surface area contributed by atoms with Gasteiger partial charge in [0.15, 0.2) is 0 Å². The summed E-state index contributed by atoms with van der Waals surface area (Å²) in [7, 11) is 1.38. The molecule has 0 saturated carbocycles. The second kappa shape index (κ2) is 5.14. The third kappa shape index (κ3) is 2.55. The monoisotopic (exact) mass is 235 g/mol. The molecule has 1 aliphatic rings. The summed E-state index contributed by atoms with van der Waals surface area (Å²) in [6.45, 7) is 1.62. The van der Waals surface area contributed by atoms with Gasteiger partial charge >= 0.3 is 5.97 Å². The molecule has 0 aliphatic carbocycles. The van der Waals surface area contributed by atoms with E-state index < -0.39 is 0 Å². The van der Waals surface area contributed by atoms with Gasteiger partial charge in [0.05, 0.1) is 7.11 Å². The quantitative estimate of drug-likeness (QED) is 0.768. The minimum Gasteiger partial charge on any atom is -0.465 e. The van der Waals surface area contributed by atoms with Gasteiger partial charge < -0.3 is 15.4 Å². The Morgan fingerprint density at radius 1 is 1.65 bits per heavy atom. The maximum atomic E-state index is 11.6. The fourth-order valence-corrected chi connectivity index (χ4v) is 2.12. The zero-order valence-corrected chi connectivity index (χ0v) is 9.93. The second-order valence-electron chi connectivity index (χ2n) is 4.21. The van der Waals surface area contributed by atoms with E-state index in [2.05, 4.69) is 9.88 Å². The molecule has 1 fully saturated rings. The number of hydrogen-bond donors (Lipinski definition) is 1. The molecule has 1 atom stereocenters. The summed E-state index contributed by atoms with van der Waals surface area (Å²) in [5.74, 6) is 0.321. The van der Waals surface area contributed by atoms with Crippen molar-refractivity contribution < 1.29 is 9.53 Å². The number of piperidine rings is 1. The van der Waals surface area contributed by atoms with Crippen molar-refractivity contribution >= 4 is 11.8 Å². The molecule has 1 aromatic rings. The maximum Gasteiger partial charge on any atom is 0.341 e. The zero-order valence-electron chi connectivity index (χ0n) is 9.93. The second-order valence-corrected chi connectivity index (χ2v) is 4.21. The van der Waals surface area contributed by atoms with E-state index in [0.717, 1.165) is 25.9 Å². The lowest BCUT2D eigenvalue weighted by Crippen LogP contribution is -2.43. The van der Waals surface area contributed by atoms with E-state index in [4.69, 9.17) is 10.5 Å². The van der Waals surface area contributed by atoms with Crippen molar-refractivity contribution in [1.82, 2.24) is 4.98 Å². The Morgan fingerprint density at radius 2 is 2.47 bits per heavy atom. The number of ether oxygens (including phenoxy) is 1. The number of anilines is 1. The Kier molecular flexibility index (Phi) is 3.58. The molecule has 92 valence electrons. The van der Waals surface area contributed by atoms with Crippen LogP contribution in [0, 0.1) is 0 Å². The third-order valence-electron chi connectivity index (χ3n) is 2.95. The molecule has 17 heavy (non-hydrogen) atoms. The predicted molar refractivity (Wildman–Crippen MR) is 65.0 cm³/mol. The fourth-order valence-electron chi connectivity index (χ4n) is 2.12. The van der Waals surface area contributed by atoms with Crippen molar-refractivity contribution in [3.05, 3.63) is 23.9 Å². The summed E-state index contributed by atoms with van der Waals surface area (Å²) in [4.78, 5) is 18.0. The minimum atomic E-state index is -0.354. The molecule has 1 saturated heterocycles. The highest BCUT2D eigenvalue weighted by Gasteiger charge is 2.22. The Bertz CT molecular complexity index is 408. The molecule has 0 spiro atoms. The third-order valence-corrected chi connectivity index (χ3v) is 2.95. The highest BCUT2D eigenvalue weighted by atomic mass is 16.5. The number of esters is 1.